The maximum Gasteiger partial charge on any atom is 0.271 e. The van der Waals surface area contributed by atoms with Crippen LogP contribution in [-0.4, -0.2) is 16.6 Å². The zero-order chi connectivity index (χ0) is 11.3. The summed E-state index contributed by atoms with van der Waals surface area (Å²) in [5, 5.41) is 19.0. The minimum absolute atomic E-state index is 0.0215. The van der Waals surface area contributed by atoms with E-state index in [-0.39, 0.29) is 12.3 Å². The lowest BCUT2D eigenvalue weighted by Crippen LogP contribution is -1.93. The summed E-state index contributed by atoms with van der Waals surface area (Å²) in [6.07, 6.45) is 4.03. The Bertz CT molecular complexity index is 388. The summed E-state index contributed by atoms with van der Waals surface area (Å²) in [6, 6.07) is 4.30. The van der Waals surface area contributed by atoms with Gasteiger partial charge in [-0.1, -0.05) is 12.2 Å². The third-order valence-electron chi connectivity index (χ3n) is 1.87. The number of benzene rings is 1. The second kappa shape index (κ2) is 5.11. The van der Waals surface area contributed by atoms with Gasteiger partial charge in [-0.3, -0.25) is 10.1 Å². The van der Waals surface area contributed by atoms with E-state index in [1.807, 2.05) is 0 Å². The monoisotopic (exact) mass is 208 g/mol. The smallest absolute Gasteiger partial charge is 0.271 e. The Hall–Kier alpha value is -1.88. The molecule has 5 heteroatoms. The molecule has 0 heterocycles. The molecule has 0 fully saturated rings. The van der Waals surface area contributed by atoms with Crippen molar-refractivity contribution in [3.8, 4) is 0 Å². The van der Waals surface area contributed by atoms with Crippen LogP contribution < -0.4 is 5.73 Å². The van der Waals surface area contributed by atoms with Gasteiger partial charge >= 0.3 is 0 Å². The summed E-state index contributed by atoms with van der Waals surface area (Å²) in [4.78, 5) is 9.94. The van der Waals surface area contributed by atoms with Crippen LogP contribution in [0.1, 0.15) is 12.0 Å². The molecule has 0 aliphatic rings. The summed E-state index contributed by atoms with van der Waals surface area (Å²) < 4.78 is 0. The van der Waals surface area contributed by atoms with Gasteiger partial charge in [-0.25, -0.2) is 0 Å². The van der Waals surface area contributed by atoms with Gasteiger partial charge < -0.3 is 10.8 Å². The van der Waals surface area contributed by atoms with Crippen molar-refractivity contribution in [2.45, 2.75) is 6.42 Å². The lowest BCUT2D eigenvalue weighted by atomic mass is 10.1. The molecule has 3 N–H and O–H groups in total. The van der Waals surface area contributed by atoms with Crippen molar-refractivity contribution in [1.29, 1.82) is 0 Å². The molecule has 0 unspecified atom stereocenters. The maximum absolute atomic E-state index is 10.4. The van der Waals surface area contributed by atoms with Crippen molar-refractivity contribution in [1.82, 2.24) is 0 Å². The molecule has 15 heavy (non-hydrogen) atoms. The molecular weight excluding hydrogens is 196 g/mol. The third kappa shape index (κ3) is 3.07. The van der Waals surface area contributed by atoms with Crippen LogP contribution in [0.2, 0.25) is 0 Å². The summed E-state index contributed by atoms with van der Waals surface area (Å²) in [7, 11) is 0. The van der Waals surface area contributed by atoms with Gasteiger partial charge in [0.1, 0.15) is 0 Å². The van der Waals surface area contributed by atoms with Crippen LogP contribution in [0.4, 0.5) is 11.4 Å². The highest BCUT2D eigenvalue weighted by Gasteiger charge is 2.06. The van der Waals surface area contributed by atoms with Crippen LogP contribution in [0.25, 0.3) is 6.08 Å². The highest BCUT2D eigenvalue weighted by atomic mass is 16.6. The van der Waals surface area contributed by atoms with Gasteiger partial charge in [-0.2, -0.15) is 0 Å². The number of non-ortho nitro benzene ring substituents is 1. The lowest BCUT2D eigenvalue weighted by Gasteiger charge is -1.99. The maximum atomic E-state index is 10.4. The van der Waals surface area contributed by atoms with Crippen LogP contribution >= 0.6 is 0 Å². The fraction of sp³-hybridized carbons (Fsp3) is 0.200. The molecule has 0 aliphatic heterocycles. The van der Waals surface area contributed by atoms with Crippen molar-refractivity contribution in [3.63, 3.8) is 0 Å². The molecule has 0 atom stereocenters. The van der Waals surface area contributed by atoms with Crippen molar-refractivity contribution in [3.05, 3.63) is 40.0 Å². The molecule has 0 aliphatic carbocycles. The highest BCUT2D eigenvalue weighted by Crippen LogP contribution is 2.20. The molecule has 0 bridgehead atoms. The van der Waals surface area contributed by atoms with E-state index in [1.54, 1.807) is 18.2 Å². The SMILES string of the molecule is Nc1cc([N+](=O)[O-])ccc1C=CCCO. The van der Waals surface area contributed by atoms with E-state index in [9.17, 15) is 10.1 Å². The van der Waals surface area contributed by atoms with Crippen molar-refractivity contribution in [2.24, 2.45) is 0 Å². The van der Waals surface area contributed by atoms with Gasteiger partial charge in [-0.05, 0) is 18.1 Å². The first-order valence-electron chi connectivity index (χ1n) is 4.46. The highest BCUT2D eigenvalue weighted by molar-refractivity contribution is 5.67. The van der Waals surface area contributed by atoms with Gasteiger partial charge in [0, 0.05) is 24.4 Å². The Labute approximate surface area is 87.0 Å². The predicted octanol–water partition coefficient (Wildman–Crippen LogP) is 1.57. The molecule has 0 amide bonds. The Morgan fingerprint density at radius 3 is 2.80 bits per heavy atom. The number of nitrogens with two attached hydrogens (primary N) is 1. The number of aliphatic hydroxyl groups is 1. The first-order valence-corrected chi connectivity index (χ1v) is 4.46. The Morgan fingerprint density at radius 1 is 1.53 bits per heavy atom. The normalized spacial score (nSPS) is 10.7. The number of hydrogen-bond donors (Lipinski definition) is 2. The third-order valence-corrected chi connectivity index (χ3v) is 1.87. The van der Waals surface area contributed by atoms with Gasteiger partial charge in [0.15, 0.2) is 0 Å². The molecule has 0 saturated carbocycles. The standard InChI is InChI=1S/C10H12N2O3/c11-10-7-9(12(14)15)5-4-8(10)3-1-2-6-13/h1,3-5,7,13H,2,6,11H2. The topological polar surface area (TPSA) is 89.4 Å². The van der Waals surface area contributed by atoms with Crippen molar-refractivity contribution < 1.29 is 10.0 Å². The van der Waals surface area contributed by atoms with Crippen LogP contribution in [0.15, 0.2) is 24.3 Å². The van der Waals surface area contributed by atoms with E-state index in [4.69, 9.17) is 10.8 Å². The average molecular weight is 208 g/mol. The Morgan fingerprint density at radius 2 is 2.27 bits per heavy atom. The molecule has 1 aromatic carbocycles. The van der Waals surface area contributed by atoms with Crippen molar-refractivity contribution >= 4 is 17.5 Å². The van der Waals surface area contributed by atoms with E-state index in [0.29, 0.717) is 17.7 Å². The zero-order valence-corrected chi connectivity index (χ0v) is 8.09. The van der Waals surface area contributed by atoms with E-state index in [0.717, 1.165) is 0 Å². The molecular formula is C10H12N2O3. The van der Waals surface area contributed by atoms with Crippen LogP contribution in [-0.2, 0) is 0 Å². The van der Waals surface area contributed by atoms with Crippen LogP contribution in [0.3, 0.4) is 0 Å². The second-order valence-electron chi connectivity index (χ2n) is 2.98. The minimum atomic E-state index is -0.489. The number of nitrogens with zero attached hydrogens (tertiary/aromatic N) is 1. The quantitative estimate of drug-likeness (QED) is 0.446. The first-order chi connectivity index (χ1) is 7.15. The van der Waals surface area contributed by atoms with Gasteiger partial charge in [-0.15, -0.1) is 0 Å². The molecule has 1 aromatic rings. The summed E-state index contributed by atoms with van der Waals surface area (Å²) in [6.45, 7) is 0.0728. The number of hydrogen-bond acceptors (Lipinski definition) is 4. The number of aliphatic hydroxyl groups excluding tert-OH is 1. The average Bonchev–Trinajstić information content (AvgIpc) is 2.20. The number of nitrogen functional groups attached to an aromatic ring is 1. The van der Waals surface area contributed by atoms with Crippen LogP contribution in [0.5, 0.6) is 0 Å². The fourth-order valence-corrected chi connectivity index (χ4v) is 1.11. The summed E-state index contributed by atoms with van der Waals surface area (Å²) in [5.41, 5.74) is 6.68. The van der Waals surface area contributed by atoms with Crippen molar-refractivity contribution in [2.75, 3.05) is 12.3 Å². The number of rotatable bonds is 4. The van der Waals surface area contributed by atoms with E-state index >= 15 is 0 Å². The molecule has 1 rings (SSSR count). The number of anilines is 1. The fourth-order valence-electron chi connectivity index (χ4n) is 1.11. The molecule has 5 nitrogen and oxygen atoms in total. The largest absolute Gasteiger partial charge is 0.398 e. The summed E-state index contributed by atoms with van der Waals surface area (Å²) in [5.74, 6) is 0. The second-order valence-corrected chi connectivity index (χ2v) is 2.98. The van der Waals surface area contributed by atoms with E-state index in [1.165, 1.54) is 12.1 Å². The van der Waals surface area contributed by atoms with Gasteiger partial charge in [0.05, 0.1) is 4.92 Å². The number of nitro benzene ring substituents is 1. The lowest BCUT2D eigenvalue weighted by molar-refractivity contribution is -0.384. The zero-order valence-electron chi connectivity index (χ0n) is 8.09. The molecule has 0 aromatic heterocycles. The molecule has 80 valence electrons. The van der Waals surface area contributed by atoms with Crippen LogP contribution in [0, 0.1) is 10.1 Å². The molecule has 0 spiro atoms. The first kappa shape index (κ1) is 11.2. The van der Waals surface area contributed by atoms with E-state index < -0.39 is 4.92 Å². The Kier molecular flexibility index (Phi) is 3.82. The van der Waals surface area contributed by atoms with Gasteiger partial charge in [0.2, 0.25) is 0 Å². The summed E-state index contributed by atoms with van der Waals surface area (Å²) >= 11 is 0. The van der Waals surface area contributed by atoms with Gasteiger partial charge in [0.25, 0.3) is 5.69 Å². The van der Waals surface area contributed by atoms with E-state index in [2.05, 4.69) is 0 Å². The Balaban J connectivity index is 2.88. The molecule has 0 radical (unpaired) electrons. The minimum Gasteiger partial charge on any atom is -0.398 e. The number of nitro groups is 1. The predicted molar refractivity (Wildman–Crippen MR) is 58.2 cm³/mol. The molecule has 0 saturated heterocycles.